The Morgan fingerprint density at radius 3 is 2.40 bits per heavy atom. The lowest BCUT2D eigenvalue weighted by atomic mass is 10.0. The molecule has 0 saturated heterocycles. The van der Waals surface area contributed by atoms with Crippen molar-refractivity contribution >= 4 is 17.8 Å². The number of allylic oxidation sites excluding steroid dienone is 1. The van der Waals surface area contributed by atoms with Gasteiger partial charge in [0.15, 0.2) is 5.76 Å². The van der Waals surface area contributed by atoms with E-state index in [0.29, 0.717) is 22.8 Å². The lowest BCUT2D eigenvalue weighted by Crippen LogP contribution is -2.18. The highest BCUT2D eigenvalue weighted by Gasteiger charge is 2.29. The second-order valence-electron chi connectivity index (χ2n) is 8.03. The Kier molecular flexibility index (Phi) is 5.74. The highest BCUT2D eigenvalue weighted by Crippen LogP contribution is 2.37. The van der Waals surface area contributed by atoms with Crippen LogP contribution in [-0.2, 0) is 0 Å². The number of rotatable bonds is 5. The topological polar surface area (TPSA) is 80.3 Å². The molecule has 2 heterocycles. The molecule has 0 aromatic heterocycles. The summed E-state index contributed by atoms with van der Waals surface area (Å²) in [4.78, 5) is 25.6. The number of carbonyl (C=O) groups is 2. The van der Waals surface area contributed by atoms with Crippen molar-refractivity contribution in [2.45, 2.75) is 13.0 Å². The fourth-order valence-corrected chi connectivity index (χ4v) is 3.89. The Morgan fingerprint density at radius 1 is 0.914 bits per heavy atom. The maximum Gasteiger partial charge on any atom is 0.343 e. The molecule has 5 rings (SSSR count). The molecule has 2 aliphatic heterocycles. The van der Waals surface area contributed by atoms with E-state index in [0.717, 1.165) is 16.9 Å². The van der Waals surface area contributed by atoms with Gasteiger partial charge in [-0.1, -0.05) is 18.2 Å². The van der Waals surface area contributed by atoms with E-state index in [-0.39, 0.29) is 29.0 Å². The van der Waals surface area contributed by atoms with Gasteiger partial charge in [0.2, 0.25) is 5.78 Å². The van der Waals surface area contributed by atoms with Gasteiger partial charge in [-0.15, -0.1) is 0 Å². The molecule has 0 spiro atoms. The second-order valence-corrected chi connectivity index (χ2v) is 8.03. The van der Waals surface area contributed by atoms with Crippen molar-refractivity contribution < 1.29 is 33.3 Å². The minimum Gasteiger partial charge on any atom is -0.497 e. The number of hydrogen-bond acceptors (Lipinski definition) is 7. The summed E-state index contributed by atoms with van der Waals surface area (Å²) < 4.78 is 27.7. The maximum atomic E-state index is 12.9. The molecule has 3 aromatic rings. The summed E-state index contributed by atoms with van der Waals surface area (Å²) in [5.41, 5.74) is 2.41. The Balaban J connectivity index is 1.37. The molecule has 35 heavy (non-hydrogen) atoms. The van der Waals surface area contributed by atoms with Crippen LogP contribution in [0.15, 0.2) is 78.1 Å². The molecule has 7 heteroatoms. The van der Waals surface area contributed by atoms with E-state index >= 15 is 0 Å². The van der Waals surface area contributed by atoms with Gasteiger partial charge >= 0.3 is 5.97 Å². The molecular weight excluding hydrogens is 448 g/mol. The molecule has 0 bridgehead atoms. The van der Waals surface area contributed by atoms with E-state index in [4.69, 9.17) is 23.7 Å². The van der Waals surface area contributed by atoms with Gasteiger partial charge in [-0.05, 0) is 55.0 Å². The fourth-order valence-electron chi connectivity index (χ4n) is 3.89. The van der Waals surface area contributed by atoms with Crippen LogP contribution in [0.1, 0.15) is 33.2 Å². The third-order valence-electron chi connectivity index (χ3n) is 5.75. The maximum absolute atomic E-state index is 12.9. The Labute approximate surface area is 202 Å². The van der Waals surface area contributed by atoms with E-state index in [2.05, 4.69) is 0 Å². The van der Waals surface area contributed by atoms with Gasteiger partial charge in [-0.3, -0.25) is 4.79 Å². The van der Waals surface area contributed by atoms with Crippen molar-refractivity contribution in [1.29, 1.82) is 0 Å². The summed E-state index contributed by atoms with van der Waals surface area (Å²) in [5, 5.41) is 0. The molecule has 2 aliphatic rings. The number of para-hydroxylation sites is 1. The largest absolute Gasteiger partial charge is 0.497 e. The van der Waals surface area contributed by atoms with Crippen molar-refractivity contribution in [3.63, 3.8) is 0 Å². The minimum absolute atomic E-state index is 0.182. The molecule has 1 atom stereocenters. The van der Waals surface area contributed by atoms with Gasteiger partial charge in [-0.25, -0.2) is 4.79 Å². The van der Waals surface area contributed by atoms with Gasteiger partial charge in [0.25, 0.3) is 0 Å². The predicted octanol–water partition coefficient (Wildman–Crippen LogP) is 5.25. The average Bonchev–Trinajstić information content (AvgIpc) is 3.18. The standard InChI is InChI=1S/C28H22O7/c1-16-18(10-17-6-4-5-7-24(17)33-16)13-26-27(29)23-9-8-20(15-25(23)35-26)34-28(30)19-11-21(31-2)14-22(12-19)32-3/h4-16H,1-3H3/b26-13-. The van der Waals surface area contributed by atoms with Crippen LogP contribution >= 0.6 is 0 Å². The summed E-state index contributed by atoms with van der Waals surface area (Å²) >= 11 is 0. The van der Waals surface area contributed by atoms with Gasteiger partial charge in [0.05, 0.1) is 25.3 Å². The summed E-state index contributed by atoms with van der Waals surface area (Å²) in [6.07, 6.45) is 3.43. The normalized spacial score (nSPS) is 17.0. The third kappa shape index (κ3) is 4.36. The quantitative estimate of drug-likeness (QED) is 0.286. The van der Waals surface area contributed by atoms with Crippen molar-refractivity contribution in [3.05, 3.63) is 94.8 Å². The first kappa shape index (κ1) is 22.3. The average molecular weight is 470 g/mol. The molecule has 0 amide bonds. The van der Waals surface area contributed by atoms with Crippen molar-refractivity contribution in [1.82, 2.24) is 0 Å². The number of Topliss-reactive ketones (excluding diaryl/α,β-unsaturated/α-hetero) is 1. The molecular formula is C28H22O7. The highest BCUT2D eigenvalue weighted by atomic mass is 16.5. The SMILES string of the molecule is COc1cc(OC)cc(C(=O)Oc2ccc3c(c2)O/C(=C\C2=Cc4ccccc4OC2C)C3=O)c1. The van der Waals surface area contributed by atoms with Gasteiger partial charge in [-0.2, -0.15) is 0 Å². The zero-order valence-electron chi connectivity index (χ0n) is 19.4. The molecule has 1 unspecified atom stereocenters. The van der Waals surface area contributed by atoms with Crippen LogP contribution in [0.25, 0.3) is 6.08 Å². The predicted molar refractivity (Wildman–Crippen MR) is 128 cm³/mol. The Morgan fingerprint density at radius 2 is 1.66 bits per heavy atom. The van der Waals surface area contributed by atoms with E-state index in [9.17, 15) is 9.59 Å². The lowest BCUT2D eigenvalue weighted by molar-refractivity contribution is 0.0733. The molecule has 0 fully saturated rings. The minimum atomic E-state index is -0.598. The third-order valence-corrected chi connectivity index (χ3v) is 5.75. The van der Waals surface area contributed by atoms with Crippen LogP contribution in [0.5, 0.6) is 28.7 Å². The zero-order chi connectivity index (χ0) is 24.5. The first-order chi connectivity index (χ1) is 16.9. The first-order valence-electron chi connectivity index (χ1n) is 11.0. The molecule has 0 N–H and O–H groups in total. The summed E-state index contributed by atoms with van der Waals surface area (Å²) in [7, 11) is 3.00. The zero-order valence-corrected chi connectivity index (χ0v) is 19.4. The molecule has 0 saturated carbocycles. The van der Waals surface area contributed by atoms with Gasteiger partial charge < -0.3 is 23.7 Å². The Hall–Kier alpha value is -4.52. The van der Waals surface area contributed by atoms with E-state index in [1.54, 1.807) is 36.4 Å². The van der Waals surface area contributed by atoms with Crippen LogP contribution in [0, 0.1) is 0 Å². The van der Waals surface area contributed by atoms with Gasteiger partial charge in [0, 0.05) is 17.7 Å². The fraction of sp³-hybridized carbons (Fsp3) is 0.143. The molecule has 0 radical (unpaired) electrons. The number of methoxy groups -OCH3 is 2. The van der Waals surface area contributed by atoms with Crippen LogP contribution in [0.4, 0.5) is 0 Å². The van der Waals surface area contributed by atoms with Crippen LogP contribution in [-0.4, -0.2) is 32.1 Å². The second kappa shape index (κ2) is 9.02. The van der Waals surface area contributed by atoms with Gasteiger partial charge in [0.1, 0.15) is 34.9 Å². The lowest BCUT2D eigenvalue weighted by Gasteiger charge is -2.22. The molecule has 176 valence electrons. The Bertz CT molecular complexity index is 1380. The number of esters is 1. The summed E-state index contributed by atoms with van der Waals surface area (Å²) in [6, 6.07) is 17.1. The smallest absolute Gasteiger partial charge is 0.343 e. The number of fused-ring (bicyclic) bond motifs is 2. The number of ketones is 1. The van der Waals surface area contributed by atoms with E-state index < -0.39 is 5.97 Å². The molecule has 3 aromatic carbocycles. The van der Waals surface area contributed by atoms with E-state index in [1.165, 1.54) is 20.3 Å². The van der Waals surface area contributed by atoms with E-state index in [1.807, 2.05) is 37.3 Å². The number of ether oxygens (including phenoxy) is 5. The monoisotopic (exact) mass is 470 g/mol. The number of hydrogen-bond donors (Lipinski definition) is 0. The van der Waals surface area contributed by atoms with Crippen LogP contribution in [0.2, 0.25) is 0 Å². The highest BCUT2D eigenvalue weighted by molar-refractivity contribution is 6.12. The van der Waals surface area contributed by atoms with Crippen LogP contribution < -0.4 is 23.7 Å². The summed E-state index contributed by atoms with van der Waals surface area (Å²) in [5.74, 6) is 1.62. The van der Waals surface area contributed by atoms with Crippen molar-refractivity contribution in [2.24, 2.45) is 0 Å². The number of carbonyl (C=O) groups excluding carboxylic acids is 2. The van der Waals surface area contributed by atoms with Crippen LogP contribution in [0.3, 0.4) is 0 Å². The first-order valence-corrected chi connectivity index (χ1v) is 11.0. The molecule has 7 nitrogen and oxygen atoms in total. The summed E-state index contributed by atoms with van der Waals surface area (Å²) in [6.45, 7) is 1.91. The molecule has 0 aliphatic carbocycles. The van der Waals surface area contributed by atoms with Crippen molar-refractivity contribution in [3.8, 4) is 28.7 Å². The van der Waals surface area contributed by atoms with Crippen molar-refractivity contribution in [2.75, 3.05) is 14.2 Å². The number of benzene rings is 3.